The van der Waals surface area contributed by atoms with Crippen LogP contribution in [0.15, 0.2) is 45.3 Å². The highest BCUT2D eigenvalue weighted by atomic mass is 79.9. The second-order valence-electron chi connectivity index (χ2n) is 6.60. The lowest BCUT2D eigenvalue weighted by molar-refractivity contribution is -0.142. The Labute approximate surface area is 182 Å². The number of nitrogens with zero attached hydrogens (tertiary/aromatic N) is 1. The lowest BCUT2D eigenvalue weighted by Gasteiger charge is -2.28. The molecule has 5 nitrogen and oxygen atoms in total. The first-order valence-corrected chi connectivity index (χ1v) is 10.5. The molecule has 0 saturated heterocycles. The molecular formula is C21H24Br2N2O3. The minimum Gasteiger partial charge on any atom is -0.484 e. The molecule has 150 valence electrons. The number of likely N-dealkylation sites (N-methyl/N-ethyl adjacent to an activating group) is 1. The molecule has 2 aromatic rings. The van der Waals surface area contributed by atoms with Gasteiger partial charge in [0, 0.05) is 22.5 Å². The maximum absolute atomic E-state index is 12.9. The van der Waals surface area contributed by atoms with Gasteiger partial charge in [-0.25, -0.2) is 0 Å². The number of ether oxygens (including phenoxy) is 1. The second-order valence-corrected chi connectivity index (χ2v) is 8.31. The first-order chi connectivity index (χ1) is 13.2. The van der Waals surface area contributed by atoms with Crippen molar-refractivity contribution in [1.82, 2.24) is 10.2 Å². The summed E-state index contributed by atoms with van der Waals surface area (Å²) < 4.78 is 7.72. The fraction of sp³-hybridized carbons (Fsp3) is 0.333. The van der Waals surface area contributed by atoms with E-state index in [4.69, 9.17) is 4.74 Å². The number of carbonyl (C=O) groups excluding carboxylic acids is 2. The lowest BCUT2D eigenvalue weighted by atomic mass is 10.1. The molecule has 0 aliphatic rings. The van der Waals surface area contributed by atoms with E-state index in [1.807, 2.05) is 50.2 Å². The molecule has 0 bridgehead atoms. The van der Waals surface area contributed by atoms with E-state index in [0.717, 1.165) is 25.6 Å². The van der Waals surface area contributed by atoms with Gasteiger partial charge in [-0.2, -0.15) is 0 Å². The van der Waals surface area contributed by atoms with Gasteiger partial charge in [0.15, 0.2) is 6.61 Å². The number of rotatable bonds is 7. The molecule has 28 heavy (non-hydrogen) atoms. The van der Waals surface area contributed by atoms with Crippen LogP contribution in [0, 0.1) is 13.8 Å². The number of carbonyl (C=O) groups is 2. The van der Waals surface area contributed by atoms with Crippen LogP contribution in [0.3, 0.4) is 0 Å². The lowest BCUT2D eigenvalue weighted by Crippen LogP contribution is -2.48. The van der Waals surface area contributed by atoms with Crippen LogP contribution in [0.5, 0.6) is 5.75 Å². The number of aryl methyl sites for hydroxylation is 2. The summed E-state index contributed by atoms with van der Waals surface area (Å²) in [6.07, 6.45) is 0. The van der Waals surface area contributed by atoms with E-state index in [1.54, 1.807) is 14.0 Å². The van der Waals surface area contributed by atoms with Gasteiger partial charge in [-0.15, -0.1) is 0 Å². The summed E-state index contributed by atoms with van der Waals surface area (Å²) in [5.41, 5.74) is 3.00. The average molecular weight is 512 g/mol. The number of nitrogens with one attached hydrogen (secondary N) is 1. The van der Waals surface area contributed by atoms with Crippen molar-refractivity contribution in [3.8, 4) is 5.75 Å². The monoisotopic (exact) mass is 510 g/mol. The van der Waals surface area contributed by atoms with E-state index in [1.165, 1.54) is 4.90 Å². The molecule has 0 aliphatic heterocycles. The first-order valence-electron chi connectivity index (χ1n) is 8.88. The fourth-order valence-electron chi connectivity index (χ4n) is 2.80. The van der Waals surface area contributed by atoms with Crippen molar-refractivity contribution in [3.63, 3.8) is 0 Å². The molecule has 0 unspecified atom stereocenters. The van der Waals surface area contributed by atoms with Crippen molar-refractivity contribution in [2.45, 2.75) is 33.4 Å². The zero-order valence-electron chi connectivity index (χ0n) is 16.4. The molecule has 0 heterocycles. The third-order valence-electron chi connectivity index (χ3n) is 4.45. The van der Waals surface area contributed by atoms with E-state index in [2.05, 4.69) is 37.2 Å². The summed E-state index contributed by atoms with van der Waals surface area (Å²) in [5, 5.41) is 2.60. The predicted molar refractivity (Wildman–Crippen MR) is 117 cm³/mol. The van der Waals surface area contributed by atoms with E-state index < -0.39 is 6.04 Å². The largest absolute Gasteiger partial charge is 0.484 e. The zero-order valence-corrected chi connectivity index (χ0v) is 19.6. The van der Waals surface area contributed by atoms with Crippen molar-refractivity contribution < 1.29 is 14.3 Å². The smallest absolute Gasteiger partial charge is 0.261 e. The molecule has 7 heteroatoms. The molecule has 1 atom stereocenters. The Hall–Kier alpha value is -1.86. The van der Waals surface area contributed by atoms with Crippen LogP contribution < -0.4 is 10.1 Å². The molecule has 0 aliphatic carbocycles. The van der Waals surface area contributed by atoms with Crippen molar-refractivity contribution in [1.29, 1.82) is 0 Å². The zero-order chi connectivity index (χ0) is 20.8. The second kappa shape index (κ2) is 10.1. The SMILES string of the molecule is CNC(=O)[C@H](C)N(Cc1ccc(Br)cc1)C(=O)COc1cc(C)c(Br)c(C)c1. The predicted octanol–water partition coefficient (Wildman–Crippen LogP) is 4.37. The summed E-state index contributed by atoms with van der Waals surface area (Å²) in [6, 6.07) is 10.8. The van der Waals surface area contributed by atoms with Crippen molar-refractivity contribution >= 4 is 43.7 Å². The Morgan fingerprint density at radius 2 is 1.68 bits per heavy atom. The molecule has 2 rings (SSSR count). The van der Waals surface area contributed by atoms with Crippen molar-refractivity contribution in [2.75, 3.05) is 13.7 Å². The van der Waals surface area contributed by atoms with Gasteiger partial charge in [-0.3, -0.25) is 9.59 Å². The summed E-state index contributed by atoms with van der Waals surface area (Å²) in [6.45, 7) is 5.84. The Morgan fingerprint density at radius 3 is 2.21 bits per heavy atom. The van der Waals surface area contributed by atoms with Crippen LogP contribution in [-0.4, -0.2) is 36.4 Å². The number of amides is 2. The highest BCUT2D eigenvalue weighted by Gasteiger charge is 2.26. The molecule has 0 spiro atoms. The van der Waals surface area contributed by atoms with E-state index in [9.17, 15) is 9.59 Å². The highest BCUT2D eigenvalue weighted by molar-refractivity contribution is 9.10. The minimum atomic E-state index is -0.613. The van der Waals surface area contributed by atoms with Gasteiger partial charge in [-0.1, -0.05) is 44.0 Å². The van der Waals surface area contributed by atoms with Crippen LogP contribution in [0.1, 0.15) is 23.6 Å². The number of hydrogen-bond donors (Lipinski definition) is 1. The Morgan fingerprint density at radius 1 is 1.11 bits per heavy atom. The van der Waals surface area contributed by atoms with Gasteiger partial charge < -0.3 is 15.0 Å². The molecular weight excluding hydrogens is 488 g/mol. The van der Waals surface area contributed by atoms with Crippen LogP contribution >= 0.6 is 31.9 Å². The maximum atomic E-state index is 12.9. The van der Waals surface area contributed by atoms with E-state index in [-0.39, 0.29) is 18.4 Å². The van der Waals surface area contributed by atoms with Gasteiger partial charge in [0.1, 0.15) is 11.8 Å². The standard InChI is InChI=1S/C21H24Br2N2O3/c1-13-9-18(10-14(2)20(13)23)28-12-19(26)25(15(3)21(27)24-4)11-16-5-7-17(22)8-6-16/h5-10,15H,11-12H2,1-4H3,(H,24,27)/t15-/m0/s1. The normalized spacial score (nSPS) is 11.6. The van der Waals surface area contributed by atoms with Crippen LogP contribution in [0.4, 0.5) is 0 Å². The fourth-order valence-corrected chi connectivity index (χ4v) is 3.29. The molecule has 2 amide bonds. The van der Waals surface area contributed by atoms with Crippen LogP contribution in [0.25, 0.3) is 0 Å². The first kappa shape index (κ1) is 22.4. The number of hydrogen-bond acceptors (Lipinski definition) is 3. The Bertz CT molecular complexity index is 830. The molecule has 1 N–H and O–H groups in total. The minimum absolute atomic E-state index is 0.141. The highest BCUT2D eigenvalue weighted by Crippen LogP contribution is 2.26. The van der Waals surface area contributed by atoms with Crippen LogP contribution in [0.2, 0.25) is 0 Å². The van der Waals surface area contributed by atoms with Crippen LogP contribution in [-0.2, 0) is 16.1 Å². The van der Waals surface area contributed by atoms with Gasteiger partial charge in [0.05, 0.1) is 0 Å². The molecule has 0 fully saturated rings. The number of benzene rings is 2. The van der Waals surface area contributed by atoms with Crippen molar-refractivity contribution in [3.05, 3.63) is 62.0 Å². The van der Waals surface area contributed by atoms with E-state index >= 15 is 0 Å². The van der Waals surface area contributed by atoms with Gasteiger partial charge in [0.2, 0.25) is 5.91 Å². The van der Waals surface area contributed by atoms with Gasteiger partial charge >= 0.3 is 0 Å². The van der Waals surface area contributed by atoms with E-state index in [0.29, 0.717) is 12.3 Å². The van der Waals surface area contributed by atoms with Crippen molar-refractivity contribution in [2.24, 2.45) is 0 Å². The maximum Gasteiger partial charge on any atom is 0.261 e. The Kier molecular flexibility index (Phi) is 8.07. The quantitative estimate of drug-likeness (QED) is 0.600. The summed E-state index contributed by atoms with van der Waals surface area (Å²) in [4.78, 5) is 26.6. The molecule has 0 saturated carbocycles. The van der Waals surface area contributed by atoms with Gasteiger partial charge in [-0.05, 0) is 61.7 Å². The molecule has 2 aromatic carbocycles. The summed E-state index contributed by atoms with van der Waals surface area (Å²) in [7, 11) is 1.56. The topological polar surface area (TPSA) is 58.6 Å². The summed E-state index contributed by atoms with van der Waals surface area (Å²) >= 11 is 6.93. The third-order valence-corrected chi connectivity index (χ3v) is 6.23. The number of halogens is 2. The third kappa shape index (κ3) is 5.82. The molecule has 0 radical (unpaired) electrons. The summed E-state index contributed by atoms with van der Waals surface area (Å²) in [5.74, 6) is 0.153. The molecule has 0 aromatic heterocycles. The Balaban J connectivity index is 2.16. The average Bonchev–Trinajstić information content (AvgIpc) is 2.68. The van der Waals surface area contributed by atoms with Gasteiger partial charge in [0.25, 0.3) is 5.91 Å².